The molecular weight excluding hydrogens is 590 g/mol. The molecule has 12 nitrogen and oxygen atoms in total. The highest BCUT2D eigenvalue weighted by molar-refractivity contribution is 7.89. The van der Waals surface area contributed by atoms with Crippen LogP contribution in [-0.2, 0) is 30.7 Å². The number of hydrogen-bond donors (Lipinski definition) is 3. The van der Waals surface area contributed by atoms with Gasteiger partial charge in [-0.25, -0.2) is 13.2 Å². The van der Waals surface area contributed by atoms with Crippen LogP contribution in [0.4, 0.5) is 4.79 Å². The van der Waals surface area contributed by atoms with Gasteiger partial charge in [0.1, 0.15) is 17.6 Å². The number of carbonyl (C=O) groups is 2. The number of alkyl carbamates (subject to hydrolysis) is 1. The first-order valence-corrected chi connectivity index (χ1v) is 16.4. The molecule has 44 heavy (non-hydrogen) atoms. The zero-order chi connectivity index (χ0) is 31.5. The van der Waals surface area contributed by atoms with E-state index in [9.17, 15) is 28.2 Å². The van der Waals surface area contributed by atoms with Crippen LogP contribution in [0, 0.1) is 11.8 Å². The summed E-state index contributed by atoms with van der Waals surface area (Å²) in [4.78, 5) is 26.1. The van der Waals surface area contributed by atoms with Gasteiger partial charge in [-0.1, -0.05) is 12.1 Å². The molecule has 13 heteroatoms. The summed E-state index contributed by atoms with van der Waals surface area (Å²) < 4.78 is 45.6. The predicted molar refractivity (Wildman–Crippen MR) is 162 cm³/mol. The molecule has 3 N–H and O–H groups in total. The number of phenolic OH excluding ortho intramolecular Hbond substituents is 1. The number of methoxy groups -OCH3 is 1. The minimum absolute atomic E-state index is 0.0361. The number of nitrogens with one attached hydrogen (secondary N) is 1. The van der Waals surface area contributed by atoms with Crippen molar-refractivity contribution in [1.29, 1.82) is 0 Å². The van der Waals surface area contributed by atoms with Crippen LogP contribution in [0.1, 0.15) is 31.2 Å². The third-order valence-electron chi connectivity index (χ3n) is 8.32. The number of carbonyl (C=O) groups excluding carboxylic acids is 2. The number of rotatable bonds is 15. The zero-order valence-corrected chi connectivity index (χ0v) is 25.9. The number of piperidine rings is 1. The number of aromatic hydroxyl groups is 1. The van der Waals surface area contributed by atoms with Gasteiger partial charge in [0.2, 0.25) is 16.4 Å². The molecule has 2 aromatic rings. The summed E-state index contributed by atoms with van der Waals surface area (Å²) in [6.45, 7) is 2.17. The highest BCUT2D eigenvalue weighted by atomic mass is 32.2. The van der Waals surface area contributed by atoms with Gasteiger partial charge in [-0.2, -0.15) is 4.31 Å². The largest absolute Gasteiger partial charge is 0.508 e. The molecule has 3 atom stereocenters. The van der Waals surface area contributed by atoms with Gasteiger partial charge in [-0.05, 0) is 80.0 Å². The average molecular weight is 634 g/mol. The number of ether oxygens (including phenoxy) is 3. The van der Waals surface area contributed by atoms with E-state index in [0.717, 1.165) is 12.0 Å². The number of phenols is 1. The molecule has 2 aliphatic rings. The lowest BCUT2D eigenvalue weighted by Gasteiger charge is -2.33. The SMILES string of the molecule is COc1ccc(S(=O)(=O)N(CC[C@H](Cc2ccc(O)cc2)NC(=O)OC2COC[C@H]2CCO)CC2CCN(C=O)CC2)cc1. The Morgan fingerprint density at radius 3 is 2.48 bits per heavy atom. The van der Waals surface area contributed by atoms with Crippen LogP contribution < -0.4 is 10.1 Å². The van der Waals surface area contributed by atoms with Gasteiger partial charge >= 0.3 is 6.09 Å². The number of aliphatic hydroxyl groups is 1. The second-order valence-electron chi connectivity index (χ2n) is 11.4. The molecule has 0 spiro atoms. The maximum Gasteiger partial charge on any atom is 0.407 e. The van der Waals surface area contributed by atoms with Crippen LogP contribution in [0.3, 0.4) is 0 Å². The first-order chi connectivity index (χ1) is 21.2. The summed E-state index contributed by atoms with van der Waals surface area (Å²) in [6.07, 6.45) is 2.20. The quantitative estimate of drug-likeness (QED) is 0.251. The van der Waals surface area contributed by atoms with E-state index < -0.39 is 28.3 Å². The lowest BCUT2D eigenvalue weighted by Crippen LogP contribution is -2.44. The Hall–Kier alpha value is -3.39. The van der Waals surface area contributed by atoms with Crippen molar-refractivity contribution in [2.45, 2.75) is 49.1 Å². The third-order valence-corrected chi connectivity index (χ3v) is 10.2. The van der Waals surface area contributed by atoms with E-state index in [1.54, 1.807) is 41.3 Å². The monoisotopic (exact) mass is 633 g/mol. The third kappa shape index (κ3) is 9.31. The standard InChI is InChI=1S/C31H43N3O9S/c1-41-28-6-8-29(9-7-28)44(39,40)34(19-24-10-14-33(22-36)15-11-24)16-12-26(18-23-2-4-27(37)5-3-23)32-31(38)43-30-21-42-20-25(30)13-17-35/h2-9,22,24-26,30,35,37H,10-21H2,1H3,(H,32,38)/t25-,26-,30?/m1/s1. The van der Waals surface area contributed by atoms with Gasteiger partial charge in [-0.15, -0.1) is 0 Å². The molecule has 2 aromatic carbocycles. The van der Waals surface area contributed by atoms with Gasteiger partial charge in [-0.3, -0.25) is 4.79 Å². The number of amides is 2. The molecule has 2 heterocycles. The molecule has 242 valence electrons. The number of benzene rings is 2. The minimum Gasteiger partial charge on any atom is -0.508 e. The maximum absolute atomic E-state index is 13.9. The normalized spacial score (nSPS) is 19.9. The number of aliphatic hydroxyl groups excluding tert-OH is 1. The molecule has 0 aromatic heterocycles. The molecule has 0 radical (unpaired) electrons. The highest BCUT2D eigenvalue weighted by Gasteiger charge is 2.33. The molecule has 1 unspecified atom stereocenters. The van der Waals surface area contributed by atoms with E-state index in [0.29, 0.717) is 57.6 Å². The Balaban J connectivity index is 1.51. The molecule has 0 aliphatic carbocycles. The van der Waals surface area contributed by atoms with Crippen molar-refractivity contribution < 1.29 is 42.4 Å². The highest BCUT2D eigenvalue weighted by Crippen LogP contribution is 2.25. The fraction of sp³-hybridized carbons (Fsp3) is 0.548. The van der Waals surface area contributed by atoms with Crippen molar-refractivity contribution in [2.75, 3.05) is 53.1 Å². The second kappa shape index (κ2) is 16.1. The lowest BCUT2D eigenvalue weighted by molar-refractivity contribution is -0.119. The molecule has 0 bridgehead atoms. The van der Waals surface area contributed by atoms with Crippen molar-refractivity contribution in [3.63, 3.8) is 0 Å². The van der Waals surface area contributed by atoms with Crippen molar-refractivity contribution in [3.05, 3.63) is 54.1 Å². The van der Waals surface area contributed by atoms with Crippen molar-refractivity contribution in [3.8, 4) is 11.5 Å². The minimum atomic E-state index is -3.90. The van der Waals surface area contributed by atoms with Crippen LogP contribution in [0.5, 0.6) is 11.5 Å². The fourth-order valence-electron chi connectivity index (χ4n) is 5.66. The van der Waals surface area contributed by atoms with Gasteiger partial charge in [0.25, 0.3) is 0 Å². The van der Waals surface area contributed by atoms with Crippen LogP contribution in [0.25, 0.3) is 0 Å². The van der Waals surface area contributed by atoms with Crippen LogP contribution >= 0.6 is 0 Å². The maximum atomic E-state index is 13.9. The summed E-state index contributed by atoms with van der Waals surface area (Å²) in [5.41, 5.74) is 0.848. The molecule has 4 rings (SSSR count). The summed E-state index contributed by atoms with van der Waals surface area (Å²) in [6, 6.07) is 12.4. The Morgan fingerprint density at radius 2 is 1.84 bits per heavy atom. The van der Waals surface area contributed by atoms with Crippen molar-refractivity contribution in [1.82, 2.24) is 14.5 Å². The molecule has 0 saturated carbocycles. The predicted octanol–water partition coefficient (Wildman–Crippen LogP) is 2.38. The van der Waals surface area contributed by atoms with Crippen molar-refractivity contribution in [2.24, 2.45) is 11.8 Å². The summed E-state index contributed by atoms with van der Waals surface area (Å²) >= 11 is 0. The molecule has 2 saturated heterocycles. The topological polar surface area (TPSA) is 155 Å². The van der Waals surface area contributed by atoms with Crippen LogP contribution in [-0.4, -0.2) is 106 Å². The van der Waals surface area contributed by atoms with Gasteiger partial charge in [0, 0.05) is 44.7 Å². The Kier molecular flexibility index (Phi) is 12.2. The number of nitrogens with zero attached hydrogens (tertiary/aromatic N) is 2. The van der Waals surface area contributed by atoms with E-state index in [-0.39, 0.29) is 48.8 Å². The Bertz CT molecular complexity index is 1300. The van der Waals surface area contributed by atoms with E-state index in [2.05, 4.69) is 5.32 Å². The van der Waals surface area contributed by atoms with Crippen molar-refractivity contribution >= 4 is 22.5 Å². The molecule has 2 fully saturated rings. The van der Waals surface area contributed by atoms with E-state index in [1.807, 2.05) is 0 Å². The van der Waals surface area contributed by atoms with Crippen LogP contribution in [0.2, 0.25) is 0 Å². The summed E-state index contributed by atoms with van der Waals surface area (Å²) in [5, 5.41) is 22.0. The molecule has 2 aliphatic heterocycles. The number of likely N-dealkylation sites (tertiary alicyclic amines) is 1. The lowest BCUT2D eigenvalue weighted by atomic mass is 9.97. The molecular formula is C31H43N3O9S. The van der Waals surface area contributed by atoms with E-state index in [1.165, 1.54) is 23.5 Å². The van der Waals surface area contributed by atoms with Gasteiger partial charge in [0.15, 0.2) is 0 Å². The first-order valence-electron chi connectivity index (χ1n) is 15.0. The average Bonchev–Trinajstić information content (AvgIpc) is 3.46. The first kappa shape index (κ1) is 33.5. The zero-order valence-electron chi connectivity index (χ0n) is 25.0. The number of hydrogen-bond acceptors (Lipinski definition) is 9. The van der Waals surface area contributed by atoms with Gasteiger partial charge < -0.3 is 34.6 Å². The smallest absolute Gasteiger partial charge is 0.407 e. The fourth-order valence-corrected chi connectivity index (χ4v) is 7.19. The number of sulfonamides is 1. The Labute approximate surface area is 258 Å². The van der Waals surface area contributed by atoms with E-state index in [4.69, 9.17) is 14.2 Å². The van der Waals surface area contributed by atoms with Crippen LogP contribution in [0.15, 0.2) is 53.4 Å². The second-order valence-corrected chi connectivity index (χ2v) is 13.3. The molecule has 2 amide bonds. The summed E-state index contributed by atoms with van der Waals surface area (Å²) in [5.74, 6) is 0.629. The van der Waals surface area contributed by atoms with E-state index >= 15 is 0 Å². The Morgan fingerprint density at radius 1 is 1.14 bits per heavy atom. The summed E-state index contributed by atoms with van der Waals surface area (Å²) in [7, 11) is -2.39. The van der Waals surface area contributed by atoms with Gasteiger partial charge in [0.05, 0.1) is 25.2 Å².